The molecule has 0 spiro atoms. The van der Waals surface area contributed by atoms with Crippen molar-refractivity contribution in [2.24, 2.45) is 0 Å². The van der Waals surface area contributed by atoms with Gasteiger partial charge in [-0.15, -0.1) is 0 Å². The van der Waals surface area contributed by atoms with Crippen LogP contribution in [0, 0.1) is 5.82 Å². The average Bonchev–Trinajstić information content (AvgIpc) is 3.05. The molecule has 1 fully saturated rings. The number of alkyl halides is 1. The molecule has 1 unspecified atom stereocenters. The molecular weight excluding hydrogens is 541 g/mol. The Morgan fingerprint density at radius 1 is 1.31 bits per heavy atom. The molecular formula is C24H33F2N4O8P. The van der Waals surface area contributed by atoms with Gasteiger partial charge in [0.25, 0.3) is 0 Å². The summed E-state index contributed by atoms with van der Waals surface area (Å²) < 4.78 is 66.7. The Hall–Kier alpha value is -2.90. The molecule has 1 aromatic carbocycles. The van der Waals surface area contributed by atoms with Crippen molar-refractivity contribution < 1.29 is 41.8 Å². The van der Waals surface area contributed by atoms with Gasteiger partial charge in [-0.05, 0) is 53.7 Å². The Labute approximate surface area is 224 Å². The largest absolute Gasteiger partial charge is 0.462 e. The van der Waals surface area contributed by atoms with Crippen LogP contribution in [0.3, 0.4) is 0 Å². The Kier molecular flexibility index (Phi) is 8.88. The predicted molar refractivity (Wildman–Crippen MR) is 136 cm³/mol. The number of hydrogen-bond donors (Lipinski definition) is 3. The van der Waals surface area contributed by atoms with Gasteiger partial charge in [0.15, 0.2) is 23.5 Å². The molecule has 4 N–H and O–H groups in total. The number of halogens is 2. The smallest absolute Gasteiger partial charge is 0.460 e. The van der Waals surface area contributed by atoms with E-state index in [1.165, 1.54) is 32.9 Å². The Bertz CT molecular complexity index is 1290. The van der Waals surface area contributed by atoms with Crippen LogP contribution in [0.15, 0.2) is 41.3 Å². The molecule has 2 heterocycles. The number of esters is 1. The number of aliphatic hydroxyl groups excluding tert-OH is 1. The Balaban J connectivity index is 1.94. The normalized spacial score (nSPS) is 25.7. The number of nitrogens with one attached hydrogen (secondary N) is 1. The topological polar surface area (TPSA) is 164 Å². The molecule has 2 aromatic rings. The fourth-order valence-corrected chi connectivity index (χ4v) is 5.82. The summed E-state index contributed by atoms with van der Waals surface area (Å²) in [6, 6.07) is 6.73. The molecule has 6 atom stereocenters. The molecule has 0 bridgehead atoms. The third-order valence-corrected chi connectivity index (χ3v) is 7.74. The lowest BCUT2D eigenvalue weighted by atomic mass is 9.90. The number of nitrogens with zero attached hydrogens (tertiary/aromatic N) is 2. The van der Waals surface area contributed by atoms with Gasteiger partial charge in [0.05, 0.1) is 12.3 Å². The van der Waals surface area contributed by atoms with Gasteiger partial charge in [0, 0.05) is 0 Å². The summed E-state index contributed by atoms with van der Waals surface area (Å²) in [5.41, 5.74) is -0.256. The zero-order valence-electron chi connectivity index (χ0n) is 22.3. The summed E-state index contributed by atoms with van der Waals surface area (Å²) in [6.07, 6.45) is -5.22. The van der Waals surface area contributed by atoms with E-state index in [2.05, 4.69) is 10.1 Å². The highest BCUT2D eigenvalue weighted by atomic mass is 31.2. The van der Waals surface area contributed by atoms with Gasteiger partial charge in [-0.3, -0.25) is 13.9 Å². The second-order valence-corrected chi connectivity index (χ2v) is 11.7. The van der Waals surface area contributed by atoms with Gasteiger partial charge in [0.1, 0.15) is 29.6 Å². The summed E-state index contributed by atoms with van der Waals surface area (Å²) in [5.74, 6) is -2.42. The lowest BCUT2D eigenvalue weighted by Gasteiger charge is -2.36. The van der Waals surface area contributed by atoms with Gasteiger partial charge in [0.2, 0.25) is 0 Å². The van der Waals surface area contributed by atoms with Crippen LogP contribution < -0.4 is 21.0 Å². The molecule has 0 amide bonds. The van der Waals surface area contributed by atoms with Crippen LogP contribution in [0.5, 0.6) is 5.75 Å². The fraction of sp³-hybridized carbons (Fsp3) is 0.542. The summed E-state index contributed by atoms with van der Waals surface area (Å²) in [4.78, 5) is 28.1. The standard InChI is InChI=1S/C24H33F2N4O8P/c1-13(2)35-20(32)14(3)29-39(34,37-15-10-8-7-9-11-15)38-23(4,5)18-17(31)24(6,26)21(36-18)30-12-16(25)19(27)28-22(30)33/h7-14,17-18,21,31H,1-6H3,(H,29,34)(H2,27,28,33)/t14-,17?,18-,21+,24+,39-/m0/s1. The number of nitrogen functional groups attached to an aromatic ring is 1. The minimum Gasteiger partial charge on any atom is -0.462 e. The zero-order chi connectivity index (χ0) is 29.3. The number of aromatic nitrogens is 2. The number of benzene rings is 1. The molecule has 39 heavy (non-hydrogen) atoms. The number of aliphatic hydroxyl groups is 1. The van der Waals surface area contributed by atoms with E-state index >= 15 is 4.39 Å². The first kappa shape index (κ1) is 30.6. The molecule has 0 aliphatic carbocycles. The Morgan fingerprint density at radius 2 is 1.92 bits per heavy atom. The number of carbonyl (C=O) groups excluding carboxylic acids is 1. The van der Waals surface area contributed by atoms with Crippen molar-refractivity contribution in [2.75, 3.05) is 5.73 Å². The van der Waals surface area contributed by atoms with Gasteiger partial charge in [-0.1, -0.05) is 18.2 Å². The van der Waals surface area contributed by atoms with Crippen LogP contribution in [0.25, 0.3) is 0 Å². The van der Waals surface area contributed by atoms with Gasteiger partial charge in [-0.25, -0.2) is 18.1 Å². The quantitative estimate of drug-likeness (QED) is 0.282. The summed E-state index contributed by atoms with van der Waals surface area (Å²) >= 11 is 0. The lowest BCUT2D eigenvalue weighted by molar-refractivity contribution is -0.149. The second-order valence-electron chi connectivity index (χ2n) is 10.1. The van der Waals surface area contributed by atoms with E-state index in [1.807, 2.05) is 0 Å². The van der Waals surface area contributed by atoms with Crippen molar-refractivity contribution in [2.45, 2.75) is 83.4 Å². The lowest BCUT2D eigenvalue weighted by Crippen LogP contribution is -2.50. The van der Waals surface area contributed by atoms with E-state index in [0.29, 0.717) is 10.8 Å². The SMILES string of the molecule is CC(C)OC(=O)[C@H](C)N[P@](=O)(Oc1ccccc1)OC(C)(C)[C@H]1O[C@@H](n2cc(F)c(N)nc2=O)[C@](C)(F)C1O. The summed E-state index contributed by atoms with van der Waals surface area (Å²) in [6.45, 7) is 8.28. The molecule has 3 rings (SSSR count). The number of hydrogen-bond acceptors (Lipinski definition) is 10. The number of para-hydroxylation sites is 1. The number of anilines is 1. The molecule has 216 valence electrons. The second kappa shape index (κ2) is 11.3. The van der Waals surface area contributed by atoms with Gasteiger partial charge in [-0.2, -0.15) is 10.1 Å². The predicted octanol–water partition coefficient (Wildman–Crippen LogP) is 2.86. The van der Waals surface area contributed by atoms with Crippen molar-refractivity contribution in [3.63, 3.8) is 0 Å². The third kappa shape index (κ3) is 6.82. The highest BCUT2D eigenvalue weighted by molar-refractivity contribution is 7.52. The van der Waals surface area contributed by atoms with Crippen LogP contribution in [-0.4, -0.2) is 56.3 Å². The maximum atomic E-state index is 15.8. The van der Waals surface area contributed by atoms with Crippen molar-refractivity contribution in [3.05, 3.63) is 52.8 Å². The van der Waals surface area contributed by atoms with E-state index in [0.717, 1.165) is 6.92 Å². The zero-order valence-corrected chi connectivity index (χ0v) is 23.2. The number of rotatable bonds is 10. The summed E-state index contributed by atoms with van der Waals surface area (Å²) in [5, 5.41) is 13.4. The molecule has 1 aliphatic rings. The van der Waals surface area contributed by atoms with Crippen LogP contribution in [0.4, 0.5) is 14.6 Å². The fourth-order valence-electron chi connectivity index (χ4n) is 3.97. The molecule has 0 radical (unpaired) electrons. The molecule has 1 aliphatic heterocycles. The average molecular weight is 575 g/mol. The molecule has 12 nitrogen and oxygen atoms in total. The van der Waals surface area contributed by atoms with E-state index in [9.17, 15) is 23.7 Å². The van der Waals surface area contributed by atoms with Crippen LogP contribution >= 0.6 is 7.75 Å². The van der Waals surface area contributed by atoms with Crippen molar-refractivity contribution in [1.82, 2.24) is 14.6 Å². The van der Waals surface area contributed by atoms with E-state index in [1.54, 1.807) is 32.0 Å². The molecule has 1 aromatic heterocycles. The number of nitrogens with two attached hydrogens (primary N) is 1. The van der Waals surface area contributed by atoms with Crippen LogP contribution in [0.2, 0.25) is 0 Å². The van der Waals surface area contributed by atoms with E-state index < -0.39 is 72.9 Å². The first-order chi connectivity index (χ1) is 18.0. The van der Waals surface area contributed by atoms with Crippen molar-refractivity contribution >= 4 is 19.5 Å². The minimum atomic E-state index is -4.47. The highest BCUT2D eigenvalue weighted by Crippen LogP contribution is 2.53. The van der Waals surface area contributed by atoms with Gasteiger partial charge < -0.3 is 24.8 Å². The molecule has 0 saturated carbocycles. The maximum Gasteiger partial charge on any atom is 0.460 e. The van der Waals surface area contributed by atoms with E-state index in [-0.39, 0.29) is 5.75 Å². The van der Waals surface area contributed by atoms with E-state index in [4.69, 9.17) is 24.3 Å². The third-order valence-electron chi connectivity index (χ3n) is 5.88. The number of ether oxygens (including phenoxy) is 2. The monoisotopic (exact) mass is 574 g/mol. The Morgan fingerprint density at radius 3 is 2.51 bits per heavy atom. The molecule has 1 saturated heterocycles. The van der Waals surface area contributed by atoms with Crippen molar-refractivity contribution in [1.29, 1.82) is 0 Å². The van der Waals surface area contributed by atoms with Crippen molar-refractivity contribution in [3.8, 4) is 5.75 Å². The minimum absolute atomic E-state index is 0.115. The first-order valence-electron chi connectivity index (χ1n) is 12.1. The highest BCUT2D eigenvalue weighted by Gasteiger charge is 2.61. The first-order valence-corrected chi connectivity index (χ1v) is 13.6. The summed E-state index contributed by atoms with van der Waals surface area (Å²) in [7, 11) is -4.47. The van der Waals surface area contributed by atoms with Gasteiger partial charge >= 0.3 is 19.4 Å². The van der Waals surface area contributed by atoms with Crippen LogP contribution in [0.1, 0.15) is 47.8 Å². The van der Waals surface area contributed by atoms with Crippen LogP contribution in [-0.2, 0) is 23.4 Å². The number of carbonyl (C=O) groups is 1. The molecule has 15 heteroatoms. The maximum absolute atomic E-state index is 15.8.